The predicted molar refractivity (Wildman–Crippen MR) is 95.6 cm³/mol. The lowest BCUT2D eigenvalue weighted by Crippen LogP contribution is -2.23. The molecule has 122 valence electrons. The summed E-state index contributed by atoms with van der Waals surface area (Å²) in [5.41, 5.74) is 0. The maximum absolute atomic E-state index is 11.1. The van der Waals surface area contributed by atoms with Crippen LogP contribution in [0.3, 0.4) is 0 Å². The van der Waals surface area contributed by atoms with E-state index in [1.54, 1.807) is 0 Å². The van der Waals surface area contributed by atoms with Gasteiger partial charge in [0, 0.05) is 14.6 Å². The van der Waals surface area contributed by atoms with E-state index < -0.39 is 8.07 Å². The van der Waals surface area contributed by atoms with Crippen LogP contribution in [0.1, 0.15) is 27.2 Å². The number of rotatable bonds is 8. The SMILES string of the molecule is CCC(C)C(=O)OCCN(C)C.CC[Si](C)(C)CCS. The van der Waals surface area contributed by atoms with Crippen molar-refractivity contribution in [2.45, 2.75) is 52.4 Å². The normalized spacial score (nSPS) is 12.7. The molecule has 0 radical (unpaired) electrons. The van der Waals surface area contributed by atoms with Crippen molar-refractivity contribution in [2.75, 3.05) is 33.0 Å². The topological polar surface area (TPSA) is 29.5 Å². The van der Waals surface area contributed by atoms with Crippen molar-refractivity contribution in [1.29, 1.82) is 0 Å². The van der Waals surface area contributed by atoms with E-state index in [0.717, 1.165) is 18.7 Å². The molecule has 3 nitrogen and oxygen atoms in total. The Morgan fingerprint density at radius 1 is 1.30 bits per heavy atom. The first-order chi connectivity index (χ1) is 9.20. The summed E-state index contributed by atoms with van der Waals surface area (Å²) in [5, 5.41) is 0. The highest BCUT2D eigenvalue weighted by Crippen LogP contribution is 2.14. The van der Waals surface area contributed by atoms with Crippen molar-refractivity contribution in [3.63, 3.8) is 0 Å². The quantitative estimate of drug-likeness (QED) is 0.419. The molecule has 0 aliphatic carbocycles. The number of hydrogen-bond acceptors (Lipinski definition) is 4. The lowest BCUT2D eigenvalue weighted by molar-refractivity contribution is -0.148. The van der Waals surface area contributed by atoms with Crippen LogP contribution in [-0.2, 0) is 9.53 Å². The van der Waals surface area contributed by atoms with E-state index in [0.29, 0.717) is 6.61 Å². The van der Waals surface area contributed by atoms with E-state index in [1.807, 2.05) is 32.8 Å². The molecule has 0 aromatic carbocycles. The Balaban J connectivity index is 0. The summed E-state index contributed by atoms with van der Waals surface area (Å²) in [6.45, 7) is 12.3. The number of hydrogen-bond donors (Lipinski definition) is 1. The number of likely N-dealkylation sites (N-methyl/N-ethyl adjacent to an activating group) is 1. The molecule has 0 bridgehead atoms. The number of carbonyl (C=O) groups is 1. The number of ether oxygens (including phenoxy) is 1. The Bertz CT molecular complexity index is 248. The Morgan fingerprint density at radius 2 is 1.85 bits per heavy atom. The molecule has 0 saturated heterocycles. The Hall–Kier alpha value is -0.00312. The molecule has 0 heterocycles. The van der Waals surface area contributed by atoms with Crippen molar-refractivity contribution in [3.8, 4) is 0 Å². The number of thiol groups is 1. The van der Waals surface area contributed by atoms with Crippen molar-refractivity contribution in [1.82, 2.24) is 4.90 Å². The first-order valence-electron chi connectivity index (χ1n) is 7.62. The van der Waals surface area contributed by atoms with E-state index in [1.165, 1.54) is 12.1 Å². The molecule has 0 amide bonds. The second-order valence-corrected chi connectivity index (χ2v) is 12.3. The second kappa shape index (κ2) is 12.7. The van der Waals surface area contributed by atoms with Crippen molar-refractivity contribution < 1.29 is 9.53 Å². The zero-order valence-corrected chi connectivity index (χ0v) is 16.4. The van der Waals surface area contributed by atoms with Crippen LogP contribution in [0.25, 0.3) is 0 Å². The monoisotopic (exact) mass is 321 g/mol. The minimum absolute atomic E-state index is 0.0344. The minimum Gasteiger partial charge on any atom is -0.464 e. The lowest BCUT2D eigenvalue weighted by atomic mass is 10.1. The van der Waals surface area contributed by atoms with E-state index in [2.05, 4.69) is 32.6 Å². The molecule has 1 atom stereocenters. The largest absolute Gasteiger partial charge is 0.464 e. The molecule has 0 N–H and O–H groups in total. The van der Waals surface area contributed by atoms with Crippen molar-refractivity contribution in [3.05, 3.63) is 0 Å². The van der Waals surface area contributed by atoms with Gasteiger partial charge in [-0.1, -0.05) is 39.9 Å². The Labute approximate surface area is 132 Å². The summed E-state index contributed by atoms with van der Waals surface area (Å²) in [6.07, 6.45) is 0.848. The second-order valence-electron chi connectivity index (χ2n) is 6.27. The molecule has 20 heavy (non-hydrogen) atoms. The van der Waals surface area contributed by atoms with Gasteiger partial charge in [0.15, 0.2) is 0 Å². The average Bonchev–Trinajstić information content (AvgIpc) is 2.38. The van der Waals surface area contributed by atoms with Crippen LogP contribution in [0.5, 0.6) is 0 Å². The van der Waals surface area contributed by atoms with Gasteiger partial charge in [-0.05, 0) is 32.3 Å². The van der Waals surface area contributed by atoms with Gasteiger partial charge in [0.1, 0.15) is 6.61 Å². The van der Waals surface area contributed by atoms with Gasteiger partial charge >= 0.3 is 5.97 Å². The smallest absolute Gasteiger partial charge is 0.308 e. The van der Waals surface area contributed by atoms with Crippen LogP contribution in [0.2, 0.25) is 25.2 Å². The first kappa shape index (κ1) is 22.3. The van der Waals surface area contributed by atoms with Crippen molar-refractivity contribution >= 4 is 26.7 Å². The highest BCUT2D eigenvalue weighted by Gasteiger charge is 2.15. The fourth-order valence-electron chi connectivity index (χ4n) is 1.12. The summed E-state index contributed by atoms with van der Waals surface area (Å²) >= 11 is 4.20. The molecule has 0 rings (SSSR count). The number of esters is 1. The number of carbonyl (C=O) groups excluding carboxylic acids is 1. The molecular formula is C15H35NO2SSi. The standard InChI is InChI=1S/C9H19NO2.C6H16SSi/c1-5-8(2)9(11)12-7-6-10(3)4;1-4-8(2,3)6-5-7/h8H,5-7H2,1-4H3;7H,4-6H2,1-3H3. The van der Waals surface area contributed by atoms with E-state index in [-0.39, 0.29) is 11.9 Å². The number of nitrogens with zero attached hydrogens (tertiary/aromatic N) is 1. The molecule has 0 aliphatic rings. The molecule has 1 unspecified atom stereocenters. The van der Waals surface area contributed by atoms with E-state index in [9.17, 15) is 4.79 Å². The molecule has 0 saturated carbocycles. The van der Waals surface area contributed by atoms with Crippen LogP contribution >= 0.6 is 12.6 Å². The minimum atomic E-state index is -0.754. The maximum Gasteiger partial charge on any atom is 0.308 e. The van der Waals surface area contributed by atoms with Gasteiger partial charge in [0.05, 0.1) is 5.92 Å². The van der Waals surface area contributed by atoms with Gasteiger partial charge in [0.2, 0.25) is 0 Å². The molecule has 0 spiro atoms. The summed E-state index contributed by atoms with van der Waals surface area (Å²) in [7, 11) is 3.16. The molecule has 0 aliphatic heterocycles. The van der Waals surface area contributed by atoms with Gasteiger partial charge in [0.25, 0.3) is 0 Å². The van der Waals surface area contributed by atoms with Crippen molar-refractivity contribution in [2.24, 2.45) is 5.92 Å². The van der Waals surface area contributed by atoms with Crippen LogP contribution < -0.4 is 0 Å². The van der Waals surface area contributed by atoms with Gasteiger partial charge in [-0.2, -0.15) is 12.6 Å². The van der Waals surface area contributed by atoms with Crippen LogP contribution in [0.15, 0.2) is 0 Å². The molecule has 5 heteroatoms. The third-order valence-electron chi connectivity index (χ3n) is 3.54. The van der Waals surface area contributed by atoms with Gasteiger partial charge in [-0.25, -0.2) is 0 Å². The van der Waals surface area contributed by atoms with Gasteiger partial charge < -0.3 is 9.64 Å². The summed E-state index contributed by atoms with van der Waals surface area (Å²) in [5.74, 6) is 1.03. The first-order valence-corrected chi connectivity index (χ1v) is 11.7. The highest BCUT2D eigenvalue weighted by molar-refractivity contribution is 7.80. The van der Waals surface area contributed by atoms with Crippen LogP contribution in [0, 0.1) is 5.92 Å². The highest BCUT2D eigenvalue weighted by atomic mass is 32.1. The van der Waals surface area contributed by atoms with Crippen LogP contribution in [0.4, 0.5) is 0 Å². The summed E-state index contributed by atoms with van der Waals surface area (Å²) in [4.78, 5) is 13.1. The molecule has 0 aromatic rings. The van der Waals surface area contributed by atoms with Gasteiger partial charge in [-0.3, -0.25) is 4.79 Å². The lowest BCUT2D eigenvalue weighted by Gasteiger charge is -2.17. The van der Waals surface area contributed by atoms with Gasteiger partial charge in [-0.15, -0.1) is 0 Å². The Kier molecular flexibility index (Phi) is 14.2. The fourth-order valence-corrected chi connectivity index (χ4v) is 3.89. The summed E-state index contributed by atoms with van der Waals surface area (Å²) < 4.78 is 5.02. The molecule has 0 aromatic heterocycles. The Morgan fingerprint density at radius 3 is 2.15 bits per heavy atom. The molecule has 0 fully saturated rings. The summed E-state index contributed by atoms with van der Waals surface area (Å²) in [6, 6.07) is 2.76. The molecular weight excluding hydrogens is 286 g/mol. The maximum atomic E-state index is 11.1. The van der Waals surface area contributed by atoms with Crippen LogP contribution in [-0.4, -0.2) is 51.9 Å². The third kappa shape index (κ3) is 14.4. The predicted octanol–water partition coefficient (Wildman–Crippen LogP) is 3.78. The van der Waals surface area contributed by atoms with E-state index >= 15 is 0 Å². The van der Waals surface area contributed by atoms with E-state index in [4.69, 9.17) is 4.74 Å². The zero-order chi connectivity index (χ0) is 16.2. The third-order valence-corrected chi connectivity index (χ3v) is 7.71. The average molecular weight is 322 g/mol. The fraction of sp³-hybridized carbons (Fsp3) is 0.933. The zero-order valence-electron chi connectivity index (χ0n) is 14.5.